The smallest absolute Gasteiger partial charge is 0.305 e. The number of hydrogen-bond acceptors (Lipinski definition) is 3. The second-order valence-electron chi connectivity index (χ2n) is 13.8. The molecule has 0 aromatic heterocycles. The Labute approximate surface area is 272 Å². The van der Waals surface area contributed by atoms with Crippen molar-refractivity contribution < 1.29 is 18.8 Å². The number of carboxylic acid groups (broad SMARTS) is 1. The molecule has 4 aromatic carbocycles. The van der Waals surface area contributed by atoms with Crippen LogP contribution in [0.3, 0.4) is 0 Å². The van der Waals surface area contributed by atoms with Gasteiger partial charge < -0.3 is 14.0 Å². The monoisotopic (exact) mass is 636 g/mol. The number of carboxylic acids is 1. The zero-order chi connectivity index (χ0) is 32.7. The van der Waals surface area contributed by atoms with Crippen LogP contribution in [0.15, 0.2) is 134 Å². The minimum Gasteiger partial charge on any atom is -0.481 e. The van der Waals surface area contributed by atoms with E-state index in [4.69, 9.17) is 8.85 Å². The molecule has 0 saturated carbocycles. The maximum atomic E-state index is 12.5. The number of aliphatic carboxylic acids is 1. The summed E-state index contributed by atoms with van der Waals surface area (Å²) in [5, 5.41) is 14.2. The van der Waals surface area contributed by atoms with E-state index in [9.17, 15) is 9.90 Å². The van der Waals surface area contributed by atoms with Crippen LogP contribution >= 0.6 is 0 Å². The second kappa shape index (κ2) is 14.3. The number of hydrogen-bond donors (Lipinski definition) is 1. The van der Waals surface area contributed by atoms with E-state index in [-0.39, 0.29) is 16.5 Å². The molecule has 2 unspecified atom stereocenters. The summed E-state index contributed by atoms with van der Waals surface area (Å²) in [5.41, 5.74) is 0. The first kappa shape index (κ1) is 34.3. The molecule has 1 N–H and O–H groups in total. The standard InChI is InChI=1S/C39H48O4Si2/c1-8-31(42-44(38(2,3)4,33-21-13-9-14-22-33)34-23-15-10-16-24-34)29-32(30-37(40)41)43-45(39(5,6)7,35-25-17-11-18-26-35)36-27-19-12-20-28-36/h8-28,31-32H,1,29-30H2,2-7H3,(H,40,41). The molecule has 0 heterocycles. The first-order valence-corrected chi connectivity index (χ1v) is 19.6. The molecule has 0 spiro atoms. The quantitative estimate of drug-likeness (QED) is 0.128. The molecule has 0 saturated heterocycles. The molecule has 4 nitrogen and oxygen atoms in total. The number of carbonyl (C=O) groups is 1. The fourth-order valence-corrected chi connectivity index (χ4v) is 16.0. The van der Waals surface area contributed by atoms with Crippen LogP contribution in [0.5, 0.6) is 0 Å². The van der Waals surface area contributed by atoms with Crippen LogP contribution < -0.4 is 20.7 Å². The van der Waals surface area contributed by atoms with Gasteiger partial charge in [0, 0.05) is 6.42 Å². The molecule has 4 aromatic rings. The predicted molar refractivity (Wildman–Crippen MR) is 192 cm³/mol. The maximum Gasteiger partial charge on any atom is 0.305 e. The van der Waals surface area contributed by atoms with Crippen molar-refractivity contribution in [2.45, 2.75) is 76.7 Å². The summed E-state index contributed by atoms with van der Waals surface area (Å²) in [4.78, 5) is 12.5. The highest BCUT2D eigenvalue weighted by molar-refractivity contribution is 7.00. The average molecular weight is 637 g/mol. The highest BCUT2D eigenvalue weighted by atomic mass is 28.4. The maximum absolute atomic E-state index is 12.5. The van der Waals surface area contributed by atoms with Gasteiger partial charge in [0.2, 0.25) is 0 Å². The van der Waals surface area contributed by atoms with Crippen molar-refractivity contribution in [3.05, 3.63) is 134 Å². The molecule has 4 rings (SSSR count). The third-order valence-electron chi connectivity index (χ3n) is 8.67. The molecule has 0 fully saturated rings. The SMILES string of the molecule is C=CC(CC(CC(=O)O)O[Si](c1ccccc1)(c1ccccc1)C(C)(C)C)O[Si](c1ccccc1)(c1ccccc1)C(C)(C)C. The second-order valence-corrected chi connectivity index (χ2v) is 22.3. The zero-order valence-electron chi connectivity index (χ0n) is 27.6. The first-order valence-electron chi connectivity index (χ1n) is 15.8. The normalized spacial score (nSPS) is 14.0. The molecular weight excluding hydrogens is 589 g/mol. The van der Waals surface area contributed by atoms with Gasteiger partial charge in [-0.3, -0.25) is 4.79 Å². The van der Waals surface area contributed by atoms with Crippen molar-refractivity contribution >= 4 is 43.4 Å². The average Bonchev–Trinajstić information content (AvgIpc) is 3.02. The van der Waals surface area contributed by atoms with Gasteiger partial charge in [0.25, 0.3) is 16.6 Å². The Morgan fingerprint density at radius 3 is 1.22 bits per heavy atom. The van der Waals surface area contributed by atoms with Crippen molar-refractivity contribution in [2.24, 2.45) is 0 Å². The van der Waals surface area contributed by atoms with E-state index < -0.39 is 34.8 Å². The third-order valence-corrected chi connectivity index (χ3v) is 18.8. The summed E-state index contributed by atoms with van der Waals surface area (Å²) in [6.45, 7) is 17.6. The Kier molecular flexibility index (Phi) is 10.9. The summed E-state index contributed by atoms with van der Waals surface area (Å²) >= 11 is 0. The van der Waals surface area contributed by atoms with Gasteiger partial charge in [-0.15, -0.1) is 6.58 Å². The van der Waals surface area contributed by atoms with Crippen molar-refractivity contribution in [1.29, 1.82) is 0 Å². The molecule has 0 aliphatic rings. The summed E-state index contributed by atoms with van der Waals surface area (Å²) in [6.07, 6.45) is 1.00. The summed E-state index contributed by atoms with van der Waals surface area (Å²) < 4.78 is 14.8. The lowest BCUT2D eigenvalue weighted by Crippen LogP contribution is -2.69. The fourth-order valence-electron chi connectivity index (χ4n) is 6.68. The topological polar surface area (TPSA) is 55.8 Å². The Bertz CT molecular complexity index is 1430. The molecule has 45 heavy (non-hydrogen) atoms. The highest BCUT2D eigenvalue weighted by Gasteiger charge is 2.53. The lowest BCUT2D eigenvalue weighted by molar-refractivity contribution is -0.139. The van der Waals surface area contributed by atoms with Gasteiger partial charge in [0.1, 0.15) is 0 Å². The van der Waals surface area contributed by atoms with Crippen LogP contribution in [0.25, 0.3) is 0 Å². The number of benzene rings is 4. The molecule has 6 heteroatoms. The molecule has 0 radical (unpaired) electrons. The van der Waals surface area contributed by atoms with Gasteiger partial charge >= 0.3 is 5.97 Å². The minimum atomic E-state index is -3.02. The minimum absolute atomic E-state index is 0.140. The van der Waals surface area contributed by atoms with Gasteiger partial charge in [-0.1, -0.05) is 169 Å². The summed E-state index contributed by atoms with van der Waals surface area (Å²) in [6, 6.07) is 41.7. The molecule has 2 atom stereocenters. The van der Waals surface area contributed by atoms with Crippen molar-refractivity contribution in [1.82, 2.24) is 0 Å². The zero-order valence-corrected chi connectivity index (χ0v) is 29.6. The lowest BCUT2D eigenvalue weighted by atomic mass is 10.1. The van der Waals surface area contributed by atoms with Crippen LogP contribution in [0.4, 0.5) is 0 Å². The lowest BCUT2D eigenvalue weighted by Gasteiger charge is -2.47. The van der Waals surface area contributed by atoms with Crippen LogP contribution in [0, 0.1) is 0 Å². The molecule has 0 aliphatic carbocycles. The van der Waals surface area contributed by atoms with Gasteiger partial charge in [0.05, 0.1) is 18.6 Å². The molecular formula is C39H48O4Si2. The highest BCUT2D eigenvalue weighted by Crippen LogP contribution is 2.40. The number of rotatable bonds is 13. The largest absolute Gasteiger partial charge is 0.481 e. The van der Waals surface area contributed by atoms with Crippen LogP contribution in [-0.4, -0.2) is 39.9 Å². The Balaban J connectivity index is 1.84. The van der Waals surface area contributed by atoms with E-state index in [2.05, 4.69) is 121 Å². The first-order chi connectivity index (χ1) is 21.3. The van der Waals surface area contributed by atoms with Crippen molar-refractivity contribution in [2.75, 3.05) is 0 Å². The molecule has 0 amide bonds. The van der Waals surface area contributed by atoms with Gasteiger partial charge in [-0.05, 0) is 30.8 Å². The Morgan fingerprint density at radius 2 is 0.956 bits per heavy atom. The summed E-state index contributed by atoms with van der Waals surface area (Å²) in [5.74, 6) is -0.897. The molecule has 236 valence electrons. The Morgan fingerprint density at radius 1 is 0.644 bits per heavy atom. The Hall–Kier alpha value is -3.56. The molecule has 0 bridgehead atoms. The molecule has 0 aliphatic heterocycles. The predicted octanol–water partition coefficient (Wildman–Crippen LogP) is 6.93. The van der Waals surface area contributed by atoms with Gasteiger partial charge in [0.15, 0.2) is 0 Å². The van der Waals surface area contributed by atoms with Crippen LogP contribution in [-0.2, 0) is 13.6 Å². The van der Waals surface area contributed by atoms with Crippen LogP contribution in [0.1, 0.15) is 54.4 Å². The van der Waals surface area contributed by atoms with Crippen molar-refractivity contribution in [3.63, 3.8) is 0 Å². The van der Waals surface area contributed by atoms with Crippen molar-refractivity contribution in [3.8, 4) is 0 Å². The van der Waals surface area contributed by atoms with E-state index in [1.165, 1.54) is 10.4 Å². The van der Waals surface area contributed by atoms with E-state index in [0.29, 0.717) is 6.42 Å². The third kappa shape index (κ3) is 7.31. The van der Waals surface area contributed by atoms with E-state index >= 15 is 0 Å². The van der Waals surface area contributed by atoms with Crippen LogP contribution in [0.2, 0.25) is 10.1 Å². The van der Waals surface area contributed by atoms with Gasteiger partial charge in [-0.2, -0.15) is 0 Å². The summed E-state index contributed by atoms with van der Waals surface area (Å²) in [7, 11) is -5.95. The van der Waals surface area contributed by atoms with Gasteiger partial charge in [-0.25, -0.2) is 0 Å². The fraction of sp³-hybridized carbons (Fsp3) is 0.308. The van der Waals surface area contributed by atoms with E-state index in [1.54, 1.807) is 0 Å². The van der Waals surface area contributed by atoms with E-state index in [1.807, 2.05) is 54.6 Å². The van der Waals surface area contributed by atoms with E-state index in [0.717, 1.165) is 10.4 Å².